The first-order chi connectivity index (χ1) is 9.20. The zero-order valence-corrected chi connectivity index (χ0v) is 9.92. The number of ether oxygens (including phenoxy) is 1. The van der Waals surface area contributed by atoms with Gasteiger partial charge in [-0.15, -0.1) is 0 Å². The fourth-order valence-electron chi connectivity index (χ4n) is 1.17. The first kappa shape index (κ1) is 15.9. The lowest BCUT2D eigenvalue weighted by Crippen LogP contribution is -2.41. The Kier molecular flexibility index (Phi) is 4.64. The summed E-state index contributed by atoms with van der Waals surface area (Å²) in [7, 11) is 1.02. The maximum absolute atomic E-state index is 13.3. The van der Waals surface area contributed by atoms with Gasteiger partial charge in [0, 0.05) is 0 Å². The van der Waals surface area contributed by atoms with Crippen molar-refractivity contribution in [1.82, 2.24) is 0 Å². The Labute approximate surface area is 109 Å². The van der Waals surface area contributed by atoms with Crippen LogP contribution in [-0.2, 0) is 9.53 Å². The summed E-state index contributed by atoms with van der Waals surface area (Å²) in [6.07, 6.45) is -4.24. The van der Waals surface area contributed by atoms with Crippen LogP contribution >= 0.6 is 0 Å². The van der Waals surface area contributed by atoms with Crippen molar-refractivity contribution in [1.29, 1.82) is 0 Å². The topological polar surface area (TPSA) is 55.4 Å². The Morgan fingerprint density at radius 3 is 2.40 bits per heavy atom. The van der Waals surface area contributed by atoms with Crippen LogP contribution in [0.5, 0.6) is 0 Å². The average molecular weight is 297 g/mol. The van der Waals surface area contributed by atoms with Crippen molar-refractivity contribution in [2.24, 2.45) is 0 Å². The Morgan fingerprint density at radius 2 is 1.90 bits per heavy atom. The molecule has 1 amide bonds. The highest BCUT2D eigenvalue weighted by molar-refractivity contribution is 5.98. The number of halogens is 5. The van der Waals surface area contributed by atoms with Gasteiger partial charge in [-0.25, -0.2) is 18.0 Å². The molecule has 1 aromatic rings. The van der Waals surface area contributed by atoms with E-state index < -0.39 is 35.7 Å². The molecular weight excluding hydrogens is 289 g/mol. The van der Waals surface area contributed by atoms with Crippen LogP contribution in [-0.4, -0.2) is 31.3 Å². The van der Waals surface area contributed by atoms with E-state index in [1.807, 2.05) is 0 Å². The minimum absolute atomic E-state index is 0.246. The summed E-state index contributed by atoms with van der Waals surface area (Å²) in [4.78, 5) is 22.1. The number of rotatable bonds is 4. The second-order valence-electron chi connectivity index (χ2n) is 3.56. The molecule has 1 N–H and O–H groups in total. The number of methoxy groups -OCH3 is 1. The van der Waals surface area contributed by atoms with E-state index in [2.05, 4.69) is 4.74 Å². The third-order valence-corrected chi connectivity index (χ3v) is 2.21. The second-order valence-corrected chi connectivity index (χ2v) is 3.56. The summed E-state index contributed by atoms with van der Waals surface area (Å²) in [6, 6.07) is 2.37. The molecule has 0 fully saturated rings. The normalized spacial score (nSPS) is 11.3. The van der Waals surface area contributed by atoms with Gasteiger partial charge in [-0.1, -0.05) is 0 Å². The number of hydrogen-bond acceptors (Lipinski definition) is 3. The van der Waals surface area contributed by atoms with Gasteiger partial charge in [0.05, 0.1) is 18.4 Å². The molecule has 0 saturated heterocycles. The summed E-state index contributed by atoms with van der Waals surface area (Å²) < 4.78 is 66.9. The van der Waals surface area contributed by atoms with Crippen LogP contribution in [0.1, 0.15) is 10.4 Å². The Balaban J connectivity index is 3.03. The number of carbonyl (C=O) groups is 2. The van der Waals surface area contributed by atoms with Gasteiger partial charge in [0.15, 0.2) is 0 Å². The van der Waals surface area contributed by atoms with Crippen LogP contribution in [0, 0.1) is 5.82 Å². The number of nitrogens with one attached hydrogen (secondary N) is 1. The molecule has 0 aromatic heterocycles. The van der Waals surface area contributed by atoms with Gasteiger partial charge in [-0.3, -0.25) is 4.79 Å². The van der Waals surface area contributed by atoms with Crippen molar-refractivity contribution < 1.29 is 36.3 Å². The van der Waals surface area contributed by atoms with Gasteiger partial charge in [-0.2, -0.15) is 8.78 Å². The zero-order valence-electron chi connectivity index (χ0n) is 9.92. The van der Waals surface area contributed by atoms with Gasteiger partial charge in [0.2, 0.25) is 0 Å². The minimum atomic E-state index is -4.98. The first-order valence-electron chi connectivity index (χ1n) is 5.05. The molecule has 0 bridgehead atoms. The molecule has 4 nitrogen and oxygen atoms in total. The largest absolute Gasteiger partial charge is 0.465 e. The zero-order chi connectivity index (χ0) is 15.5. The SMILES string of the molecule is COC(=O)c1ccc(F)c(NC(=O)C(F)(F)C(F)F)c1. The van der Waals surface area contributed by atoms with Crippen molar-refractivity contribution in [3.05, 3.63) is 29.6 Å². The smallest absolute Gasteiger partial charge is 0.383 e. The number of carbonyl (C=O) groups excluding carboxylic acids is 2. The lowest BCUT2D eigenvalue weighted by atomic mass is 10.2. The number of benzene rings is 1. The van der Waals surface area contributed by atoms with Crippen LogP contribution in [0.3, 0.4) is 0 Å². The second kappa shape index (κ2) is 5.85. The van der Waals surface area contributed by atoms with Crippen LogP contribution in [0.15, 0.2) is 18.2 Å². The van der Waals surface area contributed by atoms with Crippen LogP contribution in [0.2, 0.25) is 0 Å². The summed E-state index contributed by atoms with van der Waals surface area (Å²) >= 11 is 0. The number of alkyl halides is 4. The van der Waals surface area contributed by atoms with E-state index in [-0.39, 0.29) is 5.56 Å². The fourth-order valence-corrected chi connectivity index (χ4v) is 1.17. The predicted octanol–water partition coefficient (Wildman–Crippen LogP) is 2.45. The molecule has 0 aliphatic heterocycles. The van der Waals surface area contributed by atoms with Crippen molar-refractivity contribution in [2.45, 2.75) is 12.3 Å². The van der Waals surface area contributed by atoms with Crippen molar-refractivity contribution in [3.63, 3.8) is 0 Å². The highest BCUT2D eigenvalue weighted by Gasteiger charge is 2.49. The molecule has 110 valence electrons. The molecule has 0 saturated carbocycles. The number of hydrogen-bond donors (Lipinski definition) is 1. The quantitative estimate of drug-likeness (QED) is 0.686. The van der Waals surface area contributed by atoms with E-state index >= 15 is 0 Å². The van der Waals surface area contributed by atoms with E-state index in [4.69, 9.17) is 0 Å². The standard InChI is InChI=1S/C11H8F5NO3/c1-20-8(18)5-2-3-6(12)7(4-5)17-10(19)11(15,16)9(13)14/h2-4,9H,1H3,(H,17,19). The van der Waals surface area contributed by atoms with Gasteiger partial charge in [0.1, 0.15) is 5.82 Å². The maximum atomic E-state index is 13.3. The molecule has 0 spiro atoms. The van der Waals surface area contributed by atoms with E-state index in [9.17, 15) is 31.5 Å². The molecule has 1 aromatic carbocycles. The molecule has 0 aliphatic rings. The number of esters is 1. The van der Waals surface area contributed by atoms with E-state index in [0.29, 0.717) is 12.1 Å². The van der Waals surface area contributed by atoms with Crippen LogP contribution in [0.4, 0.5) is 27.6 Å². The Hall–Kier alpha value is -2.19. The molecule has 0 radical (unpaired) electrons. The molecule has 0 heterocycles. The summed E-state index contributed by atoms with van der Waals surface area (Å²) in [6.45, 7) is 0. The van der Waals surface area contributed by atoms with Crippen LogP contribution in [0.25, 0.3) is 0 Å². The third-order valence-electron chi connectivity index (χ3n) is 2.21. The third kappa shape index (κ3) is 3.22. The number of amides is 1. The molecule has 0 atom stereocenters. The molecule has 1 rings (SSSR count). The first-order valence-corrected chi connectivity index (χ1v) is 5.05. The fraction of sp³-hybridized carbons (Fsp3) is 0.273. The van der Waals surface area contributed by atoms with Gasteiger partial charge in [-0.05, 0) is 18.2 Å². The molecular formula is C11H8F5NO3. The van der Waals surface area contributed by atoms with E-state index in [1.54, 1.807) is 0 Å². The summed E-state index contributed by atoms with van der Waals surface area (Å²) in [5, 5.41) is 1.30. The number of anilines is 1. The lowest BCUT2D eigenvalue weighted by molar-refractivity contribution is -0.163. The van der Waals surface area contributed by atoms with Crippen molar-refractivity contribution >= 4 is 17.6 Å². The van der Waals surface area contributed by atoms with Gasteiger partial charge >= 0.3 is 24.2 Å². The van der Waals surface area contributed by atoms with Crippen LogP contribution < -0.4 is 5.32 Å². The van der Waals surface area contributed by atoms with E-state index in [0.717, 1.165) is 13.2 Å². The predicted molar refractivity (Wildman–Crippen MR) is 57.3 cm³/mol. The molecule has 9 heteroatoms. The Morgan fingerprint density at radius 1 is 1.30 bits per heavy atom. The summed E-state index contributed by atoms with van der Waals surface area (Å²) in [5.74, 6) is -9.45. The highest BCUT2D eigenvalue weighted by Crippen LogP contribution is 2.26. The van der Waals surface area contributed by atoms with Crippen molar-refractivity contribution in [3.8, 4) is 0 Å². The van der Waals surface area contributed by atoms with Gasteiger partial charge in [0.25, 0.3) is 0 Å². The highest BCUT2D eigenvalue weighted by atomic mass is 19.3. The molecule has 0 aliphatic carbocycles. The summed E-state index contributed by atoms with van der Waals surface area (Å²) in [5.41, 5.74) is -1.08. The van der Waals surface area contributed by atoms with Crippen molar-refractivity contribution in [2.75, 3.05) is 12.4 Å². The molecule has 20 heavy (non-hydrogen) atoms. The minimum Gasteiger partial charge on any atom is -0.465 e. The maximum Gasteiger partial charge on any atom is 0.383 e. The lowest BCUT2D eigenvalue weighted by Gasteiger charge is -2.15. The van der Waals surface area contributed by atoms with E-state index in [1.165, 1.54) is 5.32 Å². The Bertz CT molecular complexity index is 533. The monoisotopic (exact) mass is 297 g/mol. The van der Waals surface area contributed by atoms with Gasteiger partial charge < -0.3 is 10.1 Å². The average Bonchev–Trinajstić information content (AvgIpc) is 2.39. The molecule has 0 unspecified atom stereocenters.